The number of amides is 3. The maximum Gasteiger partial charge on any atom is 0.323 e. The van der Waals surface area contributed by atoms with E-state index in [-0.39, 0.29) is 17.4 Å². The zero-order valence-electron chi connectivity index (χ0n) is 24.2. The molecule has 3 aromatic carbocycles. The topological polar surface area (TPSA) is 181 Å². The lowest BCUT2D eigenvalue weighted by Gasteiger charge is -2.17. The minimum absolute atomic E-state index is 0.000683. The summed E-state index contributed by atoms with van der Waals surface area (Å²) in [5.74, 6) is -1.16. The number of carboxylic acid groups (broad SMARTS) is 1. The lowest BCUT2D eigenvalue weighted by Crippen LogP contribution is -2.30. The molecule has 0 radical (unpaired) electrons. The van der Waals surface area contributed by atoms with Crippen molar-refractivity contribution >= 4 is 45.0 Å². The van der Waals surface area contributed by atoms with E-state index in [1.54, 1.807) is 43.4 Å². The van der Waals surface area contributed by atoms with Crippen molar-refractivity contribution in [2.24, 2.45) is 7.05 Å². The molecule has 44 heavy (non-hydrogen) atoms. The molecule has 3 amide bonds. The quantitative estimate of drug-likeness (QED) is 0.157. The Bertz CT molecular complexity index is 1770. The van der Waals surface area contributed by atoms with E-state index in [4.69, 9.17) is 4.74 Å². The predicted octanol–water partition coefficient (Wildman–Crippen LogP) is 4.06. The summed E-state index contributed by atoms with van der Waals surface area (Å²) in [4.78, 5) is 40.6. The Kier molecular flexibility index (Phi) is 9.98. The van der Waals surface area contributed by atoms with Crippen molar-refractivity contribution in [3.05, 3.63) is 95.9 Å². The standard InChI is InChI=1S/C30H32N6O7S/c1-19-6-4-5-7-23(19)33-30(40)34-24-13-8-20(14-26(24)43-3)15-27(37)32-22-11-9-21(10-12-22)25(16-29(38)39)35-44(41,42)28-17-36(2)18-31-28/h4-14,17-18,25,35H,15-16H2,1-3H3,(H,32,37)(H,38,39)(H2,33,34,40)/t25-/m1/s1. The number of urea groups is 1. The number of nitrogens with zero attached hydrogens (tertiary/aromatic N) is 2. The highest BCUT2D eigenvalue weighted by molar-refractivity contribution is 7.89. The molecule has 0 aliphatic rings. The van der Waals surface area contributed by atoms with Gasteiger partial charge in [0.15, 0.2) is 5.03 Å². The van der Waals surface area contributed by atoms with Crippen molar-refractivity contribution in [1.82, 2.24) is 14.3 Å². The van der Waals surface area contributed by atoms with Crippen LogP contribution in [0.25, 0.3) is 0 Å². The van der Waals surface area contributed by atoms with E-state index in [2.05, 4.69) is 25.7 Å². The number of imidazole rings is 1. The minimum Gasteiger partial charge on any atom is -0.495 e. The first-order chi connectivity index (χ1) is 20.9. The first-order valence-corrected chi connectivity index (χ1v) is 14.8. The Morgan fingerprint density at radius 1 is 0.977 bits per heavy atom. The van der Waals surface area contributed by atoms with Crippen LogP contribution in [-0.2, 0) is 33.1 Å². The number of carboxylic acids is 1. The number of para-hydroxylation sites is 1. The third kappa shape index (κ3) is 8.42. The number of aliphatic carboxylic acids is 1. The Balaban J connectivity index is 1.38. The number of hydrogen-bond donors (Lipinski definition) is 5. The van der Waals surface area contributed by atoms with Gasteiger partial charge in [-0.05, 0) is 53.9 Å². The summed E-state index contributed by atoms with van der Waals surface area (Å²) in [6, 6.07) is 17.0. The van der Waals surface area contributed by atoms with Crippen LogP contribution >= 0.6 is 0 Å². The second-order valence-corrected chi connectivity index (χ2v) is 11.6. The van der Waals surface area contributed by atoms with Gasteiger partial charge in [0, 0.05) is 24.6 Å². The molecule has 4 aromatic rings. The molecule has 1 atom stereocenters. The zero-order valence-corrected chi connectivity index (χ0v) is 25.0. The number of rotatable bonds is 12. The van der Waals surface area contributed by atoms with Crippen LogP contribution < -0.4 is 25.4 Å². The molecule has 14 heteroatoms. The van der Waals surface area contributed by atoms with Gasteiger partial charge in [0.1, 0.15) is 5.75 Å². The molecule has 0 bridgehead atoms. The molecule has 230 valence electrons. The van der Waals surface area contributed by atoms with E-state index >= 15 is 0 Å². The third-order valence-corrected chi connectivity index (χ3v) is 7.86. The molecule has 0 spiro atoms. The highest BCUT2D eigenvalue weighted by Gasteiger charge is 2.25. The van der Waals surface area contributed by atoms with Crippen LogP contribution in [0.15, 0.2) is 84.3 Å². The molecule has 5 N–H and O–H groups in total. The van der Waals surface area contributed by atoms with Gasteiger partial charge in [-0.15, -0.1) is 0 Å². The Morgan fingerprint density at radius 2 is 1.68 bits per heavy atom. The van der Waals surface area contributed by atoms with E-state index in [9.17, 15) is 27.9 Å². The van der Waals surface area contributed by atoms with Crippen LogP contribution in [0.4, 0.5) is 21.9 Å². The minimum atomic E-state index is -4.08. The maximum atomic E-state index is 12.8. The van der Waals surface area contributed by atoms with Gasteiger partial charge in [0.2, 0.25) is 5.91 Å². The molecule has 0 fully saturated rings. The molecular formula is C30H32N6O7S. The third-order valence-electron chi connectivity index (χ3n) is 6.50. The Morgan fingerprint density at radius 3 is 2.32 bits per heavy atom. The van der Waals surface area contributed by atoms with Gasteiger partial charge < -0.3 is 30.4 Å². The predicted molar refractivity (Wildman–Crippen MR) is 164 cm³/mol. The highest BCUT2D eigenvalue weighted by atomic mass is 32.2. The number of aryl methyl sites for hydroxylation is 2. The first kappa shape index (κ1) is 31.7. The van der Waals surface area contributed by atoms with Gasteiger partial charge in [-0.3, -0.25) is 9.59 Å². The first-order valence-electron chi connectivity index (χ1n) is 13.4. The van der Waals surface area contributed by atoms with Crippen molar-refractivity contribution < 1.29 is 32.6 Å². The lowest BCUT2D eigenvalue weighted by atomic mass is 10.0. The van der Waals surface area contributed by atoms with E-state index in [0.29, 0.717) is 33.9 Å². The van der Waals surface area contributed by atoms with E-state index in [0.717, 1.165) is 5.56 Å². The molecule has 4 rings (SSSR count). The monoisotopic (exact) mass is 620 g/mol. The number of aromatic nitrogens is 2. The van der Waals surface area contributed by atoms with Crippen molar-refractivity contribution in [3.8, 4) is 5.75 Å². The summed E-state index contributed by atoms with van der Waals surface area (Å²) >= 11 is 0. The number of carbonyl (C=O) groups excluding carboxylic acids is 2. The van der Waals surface area contributed by atoms with Crippen LogP contribution in [0.2, 0.25) is 0 Å². The number of nitrogens with one attached hydrogen (secondary N) is 4. The van der Waals surface area contributed by atoms with Crippen molar-refractivity contribution in [1.29, 1.82) is 0 Å². The van der Waals surface area contributed by atoms with Crippen molar-refractivity contribution in [2.45, 2.75) is 30.8 Å². The fourth-order valence-electron chi connectivity index (χ4n) is 4.30. The van der Waals surface area contributed by atoms with Crippen LogP contribution in [0, 0.1) is 6.92 Å². The van der Waals surface area contributed by atoms with Gasteiger partial charge in [-0.25, -0.2) is 22.9 Å². The second kappa shape index (κ2) is 13.8. The average Bonchev–Trinajstić information content (AvgIpc) is 3.42. The van der Waals surface area contributed by atoms with E-state index in [1.165, 1.54) is 36.3 Å². The summed E-state index contributed by atoms with van der Waals surface area (Å²) in [7, 11) is -1.01. The molecule has 0 unspecified atom stereocenters. The average molecular weight is 621 g/mol. The Hall–Kier alpha value is -5.21. The largest absolute Gasteiger partial charge is 0.495 e. The van der Waals surface area contributed by atoms with Gasteiger partial charge in [0.25, 0.3) is 10.0 Å². The maximum absolute atomic E-state index is 12.8. The molecule has 0 aliphatic heterocycles. The number of benzene rings is 3. The van der Waals surface area contributed by atoms with Crippen LogP contribution in [0.5, 0.6) is 5.75 Å². The molecule has 0 aliphatic carbocycles. The molecular weight excluding hydrogens is 588 g/mol. The normalized spacial score (nSPS) is 11.8. The number of ether oxygens (including phenoxy) is 1. The molecule has 1 heterocycles. The summed E-state index contributed by atoms with van der Waals surface area (Å²) in [6.07, 6.45) is 2.13. The van der Waals surface area contributed by atoms with E-state index in [1.807, 2.05) is 25.1 Å². The number of anilines is 3. The van der Waals surface area contributed by atoms with Gasteiger partial charge in [-0.1, -0.05) is 36.4 Å². The fraction of sp³-hybridized carbons (Fsp3) is 0.200. The summed E-state index contributed by atoms with van der Waals surface area (Å²) in [5, 5.41) is 17.4. The SMILES string of the molecule is COc1cc(CC(=O)Nc2ccc([C@@H](CC(=O)O)NS(=O)(=O)c3cn(C)cn3)cc2)ccc1NC(=O)Nc1ccccc1C. The molecule has 0 saturated heterocycles. The number of hydrogen-bond acceptors (Lipinski definition) is 7. The van der Waals surface area contributed by atoms with Crippen LogP contribution in [-0.4, -0.2) is 48.1 Å². The van der Waals surface area contributed by atoms with Gasteiger partial charge in [-0.2, -0.15) is 0 Å². The Labute approximate surface area is 254 Å². The number of methoxy groups -OCH3 is 1. The number of sulfonamides is 1. The lowest BCUT2D eigenvalue weighted by molar-refractivity contribution is -0.137. The van der Waals surface area contributed by atoms with Crippen LogP contribution in [0.3, 0.4) is 0 Å². The smallest absolute Gasteiger partial charge is 0.323 e. The molecule has 0 saturated carbocycles. The molecule has 13 nitrogen and oxygen atoms in total. The second-order valence-electron chi connectivity index (χ2n) is 9.92. The van der Waals surface area contributed by atoms with E-state index < -0.39 is 34.5 Å². The van der Waals surface area contributed by atoms with Crippen molar-refractivity contribution in [2.75, 3.05) is 23.1 Å². The highest BCUT2D eigenvalue weighted by Crippen LogP contribution is 2.27. The van der Waals surface area contributed by atoms with Crippen LogP contribution in [0.1, 0.15) is 29.2 Å². The summed E-state index contributed by atoms with van der Waals surface area (Å²) < 4.78 is 34.7. The number of carbonyl (C=O) groups is 3. The fourth-order valence-corrected chi connectivity index (χ4v) is 5.51. The van der Waals surface area contributed by atoms with Gasteiger partial charge >= 0.3 is 12.0 Å². The molecule has 1 aromatic heterocycles. The summed E-state index contributed by atoms with van der Waals surface area (Å²) in [5.41, 5.74) is 3.46. The zero-order chi connectivity index (χ0) is 31.9. The van der Waals surface area contributed by atoms with Gasteiger partial charge in [0.05, 0.1) is 38.0 Å². The summed E-state index contributed by atoms with van der Waals surface area (Å²) in [6.45, 7) is 1.88. The van der Waals surface area contributed by atoms with Crippen molar-refractivity contribution in [3.63, 3.8) is 0 Å².